The lowest BCUT2D eigenvalue weighted by molar-refractivity contribution is -0.121. The molecule has 30 heavy (non-hydrogen) atoms. The third-order valence-corrected chi connectivity index (χ3v) is 5.55. The van der Waals surface area contributed by atoms with Gasteiger partial charge in [0.25, 0.3) is 11.5 Å². The maximum atomic E-state index is 13.3. The zero-order chi connectivity index (χ0) is 21.3. The van der Waals surface area contributed by atoms with Crippen molar-refractivity contribution in [2.45, 2.75) is 32.7 Å². The fourth-order valence-electron chi connectivity index (χ4n) is 3.90. The highest BCUT2D eigenvalue weighted by Gasteiger charge is 2.28. The van der Waals surface area contributed by atoms with Gasteiger partial charge in [0.1, 0.15) is 11.8 Å². The lowest BCUT2D eigenvalue weighted by atomic mass is 9.99. The summed E-state index contributed by atoms with van der Waals surface area (Å²) >= 11 is 0. The number of aromatic nitrogens is 2. The molecule has 0 aliphatic carbocycles. The number of fused-ring (bicyclic) bond motifs is 1. The first-order valence-corrected chi connectivity index (χ1v) is 10.1. The van der Waals surface area contributed by atoms with Crippen LogP contribution in [0.3, 0.4) is 0 Å². The highest BCUT2D eigenvalue weighted by Crippen LogP contribution is 2.30. The monoisotopic (exact) mass is 403 g/mol. The Morgan fingerprint density at radius 2 is 1.87 bits per heavy atom. The molecule has 1 aliphatic rings. The third-order valence-electron chi connectivity index (χ3n) is 5.55. The van der Waals surface area contributed by atoms with E-state index in [1.807, 2.05) is 36.4 Å². The maximum Gasteiger partial charge on any atom is 0.267 e. The fourth-order valence-corrected chi connectivity index (χ4v) is 3.90. The van der Waals surface area contributed by atoms with Gasteiger partial charge < -0.3 is 9.64 Å². The second-order valence-corrected chi connectivity index (χ2v) is 7.63. The number of hydrogen-bond donors (Lipinski definition) is 0. The van der Waals surface area contributed by atoms with Crippen molar-refractivity contribution in [3.8, 4) is 17.0 Å². The number of nitrogens with zero attached hydrogens (tertiary/aromatic N) is 3. The zero-order valence-electron chi connectivity index (χ0n) is 17.5. The largest absolute Gasteiger partial charge is 0.497 e. The van der Waals surface area contributed by atoms with E-state index in [-0.39, 0.29) is 11.5 Å². The number of anilines is 1. The Balaban J connectivity index is 1.66. The van der Waals surface area contributed by atoms with Crippen LogP contribution < -0.4 is 15.2 Å². The van der Waals surface area contributed by atoms with Gasteiger partial charge in [-0.3, -0.25) is 9.59 Å². The standard InChI is InChI=1S/C24H25N3O3/c1-16-6-12-22-19(15-16)5-4-14-26(22)24(29)17(2)27-23(28)13-11-21(25-27)18-7-9-20(30-3)10-8-18/h6-13,15,17H,4-5,14H2,1-3H3. The van der Waals surface area contributed by atoms with E-state index in [0.29, 0.717) is 12.2 Å². The first-order valence-electron chi connectivity index (χ1n) is 10.1. The van der Waals surface area contributed by atoms with Gasteiger partial charge in [0.2, 0.25) is 0 Å². The molecule has 2 heterocycles. The molecule has 1 unspecified atom stereocenters. The summed E-state index contributed by atoms with van der Waals surface area (Å²) in [4.78, 5) is 27.7. The van der Waals surface area contributed by atoms with Crippen LogP contribution in [0.1, 0.15) is 30.5 Å². The van der Waals surface area contributed by atoms with Gasteiger partial charge in [-0.25, -0.2) is 4.68 Å². The van der Waals surface area contributed by atoms with Crippen molar-refractivity contribution in [3.05, 3.63) is 76.1 Å². The average Bonchev–Trinajstić information content (AvgIpc) is 2.78. The molecule has 0 saturated carbocycles. The first kappa shape index (κ1) is 19.9. The Labute approximate surface area is 175 Å². The lowest BCUT2D eigenvalue weighted by Crippen LogP contribution is -2.42. The number of methoxy groups -OCH3 is 1. The Morgan fingerprint density at radius 3 is 2.60 bits per heavy atom. The molecule has 0 N–H and O–H groups in total. The van der Waals surface area contributed by atoms with Crippen LogP contribution in [-0.2, 0) is 11.2 Å². The molecule has 6 heteroatoms. The van der Waals surface area contributed by atoms with E-state index in [4.69, 9.17) is 4.74 Å². The van der Waals surface area contributed by atoms with Crippen LogP contribution in [0.15, 0.2) is 59.4 Å². The van der Waals surface area contributed by atoms with Crippen molar-refractivity contribution in [3.63, 3.8) is 0 Å². The number of benzene rings is 2. The highest BCUT2D eigenvalue weighted by atomic mass is 16.5. The van der Waals surface area contributed by atoms with Gasteiger partial charge in [0.05, 0.1) is 12.8 Å². The minimum Gasteiger partial charge on any atom is -0.497 e. The van der Waals surface area contributed by atoms with Crippen LogP contribution in [0.25, 0.3) is 11.3 Å². The molecule has 4 rings (SSSR count). The Morgan fingerprint density at radius 1 is 1.10 bits per heavy atom. The molecule has 1 atom stereocenters. The summed E-state index contributed by atoms with van der Waals surface area (Å²) < 4.78 is 6.48. The second-order valence-electron chi connectivity index (χ2n) is 7.63. The van der Waals surface area contributed by atoms with E-state index in [1.165, 1.54) is 21.9 Å². The second kappa shape index (κ2) is 8.14. The van der Waals surface area contributed by atoms with E-state index in [9.17, 15) is 9.59 Å². The van der Waals surface area contributed by atoms with Crippen molar-refractivity contribution >= 4 is 11.6 Å². The van der Waals surface area contributed by atoms with Gasteiger partial charge in [-0.05, 0) is 68.7 Å². The number of aryl methyl sites for hydroxylation is 2. The molecular formula is C24H25N3O3. The summed E-state index contributed by atoms with van der Waals surface area (Å²) in [7, 11) is 1.61. The van der Waals surface area contributed by atoms with Crippen LogP contribution in [-0.4, -0.2) is 29.3 Å². The third kappa shape index (κ3) is 3.73. The van der Waals surface area contributed by atoms with Crippen LogP contribution >= 0.6 is 0 Å². The lowest BCUT2D eigenvalue weighted by Gasteiger charge is -2.32. The number of amides is 1. The molecular weight excluding hydrogens is 378 g/mol. The van der Waals surface area contributed by atoms with Crippen molar-refractivity contribution < 1.29 is 9.53 Å². The molecule has 154 valence electrons. The summed E-state index contributed by atoms with van der Waals surface area (Å²) in [6.07, 6.45) is 1.86. The first-order chi connectivity index (χ1) is 14.5. The molecule has 6 nitrogen and oxygen atoms in total. The Bertz CT molecular complexity index is 1140. The SMILES string of the molecule is COc1ccc(-c2ccc(=O)n(C(C)C(=O)N3CCCc4cc(C)ccc43)n2)cc1. The van der Waals surface area contributed by atoms with Crippen LogP contribution in [0.2, 0.25) is 0 Å². The fraction of sp³-hybridized carbons (Fsp3) is 0.292. The maximum absolute atomic E-state index is 13.3. The molecule has 0 radical (unpaired) electrons. The average molecular weight is 403 g/mol. The van der Waals surface area contributed by atoms with E-state index < -0.39 is 6.04 Å². The van der Waals surface area contributed by atoms with E-state index in [0.717, 1.165) is 29.8 Å². The Kier molecular flexibility index (Phi) is 5.40. The number of rotatable bonds is 4. The summed E-state index contributed by atoms with van der Waals surface area (Å²) in [5, 5.41) is 4.50. The summed E-state index contributed by atoms with van der Waals surface area (Å²) in [5.41, 5.74) is 4.47. The summed E-state index contributed by atoms with van der Waals surface area (Å²) in [5.74, 6) is 0.621. The van der Waals surface area contributed by atoms with Gasteiger partial charge in [-0.2, -0.15) is 5.10 Å². The molecule has 0 fully saturated rings. The molecule has 2 aromatic carbocycles. The van der Waals surface area contributed by atoms with Crippen molar-refractivity contribution in [1.82, 2.24) is 9.78 Å². The molecule has 1 aliphatic heterocycles. The van der Waals surface area contributed by atoms with Gasteiger partial charge in [0, 0.05) is 23.9 Å². The highest BCUT2D eigenvalue weighted by molar-refractivity contribution is 5.97. The molecule has 0 saturated heterocycles. The number of hydrogen-bond acceptors (Lipinski definition) is 4. The minimum atomic E-state index is -0.706. The normalized spacial score (nSPS) is 14.2. The molecule has 1 amide bonds. The van der Waals surface area contributed by atoms with Crippen molar-refractivity contribution in [1.29, 1.82) is 0 Å². The molecule has 0 spiro atoms. The summed E-state index contributed by atoms with van der Waals surface area (Å²) in [6, 6.07) is 16.0. The minimum absolute atomic E-state index is 0.124. The van der Waals surface area contributed by atoms with Gasteiger partial charge >= 0.3 is 0 Å². The molecule has 3 aromatic rings. The predicted molar refractivity (Wildman–Crippen MR) is 117 cm³/mol. The predicted octanol–water partition coefficient (Wildman–Crippen LogP) is 3.77. The van der Waals surface area contributed by atoms with Gasteiger partial charge in [0.15, 0.2) is 0 Å². The van der Waals surface area contributed by atoms with Crippen molar-refractivity contribution in [2.75, 3.05) is 18.6 Å². The molecule has 1 aromatic heterocycles. The topological polar surface area (TPSA) is 64.4 Å². The number of carbonyl (C=O) groups excluding carboxylic acids is 1. The van der Waals surface area contributed by atoms with Crippen molar-refractivity contribution in [2.24, 2.45) is 0 Å². The smallest absolute Gasteiger partial charge is 0.267 e. The van der Waals surface area contributed by atoms with Gasteiger partial charge in [-0.1, -0.05) is 17.7 Å². The number of ether oxygens (including phenoxy) is 1. The molecule has 0 bridgehead atoms. The van der Waals surface area contributed by atoms with E-state index in [2.05, 4.69) is 18.1 Å². The van der Waals surface area contributed by atoms with Gasteiger partial charge in [-0.15, -0.1) is 0 Å². The van der Waals surface area contributed by atoms with E-state index >= 15 is 0 Å². The van der Waals surface area contributed by atoms with Crippen LogP contribution in [0.5, 0.6) is 5.75 Å². The quantitative estimate of drug-likeness (QED) is 0.665. The van der Waals surface area contributed by atoms with E-state index in [1.54, 1.807) is 25.0 Å². The number of carbonyl (C=O) groups is 1. The van der Waals surface area contributed by atoms with Crippen LogP contribution in [0, 0.1) is 6.92 Å². The Hall–Kier alpha value is -3.41. The summed E-state index contributed by atoms with van der Waals surface area (Å²) in [6.45, 7) is 4.43. The van der Waals surface area contributed by atoms with Crippen LogP contribution in [0.4, 0.5) is 5.69 Å². The zero-order valence-corrected chi connectivity index (χ0v) is 17.5.